The first-order valence-electron chi connectivity index (χ1n) is 6.41. The summed E-state index contributed by atoms with van der Waals surface area (Å²) in [6.45, 7) is 0. The summed E-state index contributed by atoms with van der Waals surface area (Å²) in [6.07, 6.45) is -0.221. The Morgan fingerprint density at radius 2 is 1.86 bits per heavy atom. The predicted octanol–water partition coefficient (Wildman–Crippen LogP) is 2.49. The number of hydrogen-bond donors (Lipinski definition) is 2. The fraction of sp³-hybridized carbons (Fsp3) is 0.125. The Morgan fingerprint density at radius 1 is 1.14 bits per heavy atom. The van der Waals surface area contributed by atoms with Crippen molar-refractivity contribution in [2.24, 2.45) is 0 Å². The van der Waals surface area contributed by atoms with E-state index >= 15 is 0 Å². The van der Waals surface area contributed by atoms with Crippen LogP contribution in [0.3, 0.4) is 0 Å². The van der Waals surface area contributed by atoms with Gasteiger partial charge in [0.05, 0.1) is 13.5 Å². The van der Waals surface area contributed by atoms with Crippen LogP contribution in [0.4, 0.5) is 11.4 Å². The number of nitrogen functional groups attached to an aromatic ring is 1. The quantitative estimate of drug-likeness (QED) is 0.502. The molecule has 0 heterocycles. The van der Waals surface area contributed by atoms with Crippen LogP contribution in [0.1, 0.15) is 16.8 Å². The summed E-state index contributed by atoms with van der Waals surface area (Å²) in [5, 5.41) is 2.64. The summed E-state index contributed by atoms with van der Waals surface area (Å²) in [5.41, 5.74) is 7.22. The summed E-state index contributed by atoms with van der Waals surface area (Å²) in [5.74, 6) is 0.0382. The topological polar surface area (TPSA) is 81.4 Å². The maximum absolute atomic E-state index is 12.0. The van der Waals surface area contributed by atoms with Crippen molar-refractivity contribution in [2.45, 2.75) is 6.42 Å². The number of nitrogens with one attached hydrogen (secondary N) is 1. The van der Waals surface area contributed by atoms with E-state index in [1.54, 1.807) is 55.6 Å². The van der Waals surface area contributed by atoms with Gasteiger partial charge in [0.25, 0.3) is 0 Å². The van der Waals surface area contributed by atoms with E-state index in [0.717, 1.165) is 0 Å². The molecule has 0 aromatic heterocycles. The van der Waals surface area contributed by atoms with Gasteiger partial charge in [0.1, 0.15) is 5.75 Å². The monoisotopic (exact) mass is 284 g/mol. The zero-order valence-corrected chi connectivity index (χ0v) is 11.6. The minimum Gasteiger partial charge on any atom is -0.497 e. The highest BCUT2D eigenvalue weighted by atomic mass is 16.5. The average Bonchev–Trinajstić information content (AvgIpc) is 2.47. The third-order valence-electron chi connectivity index (χ3n) is 2.90. The molecule has 0 saturated carbocycles. The van der Waals surface area contributed by atoms with Crippen molar-refractivity contribution in [2.75, 3.05) is 18.2 Å². The van der Waals surface area contributed by atoms with Gasteiger partial charge in [-0.3, -0.25) is 9.59 Å². The molecular formula is C16H16N2O3. The van der Waals surface area contributed by atoms with Gasteiger partial charge in [-0.2, -0.15) is 0 Å². The van der Waals surface area contributed by atoms with E-state index in [1.807, 2.05) is 0 Å². The van der Waals surface area contributed by atoms with Crippen LogP contribution in [-0.2, 0) is 4.79 Å². The van der Waals surface area contributed by atoms with Crippen molar-refractivity contribution in [3.8, 4) is 5.75 Å². The number of ether oxygens (including phenoxy) is 1. The number of benzene rings is 2. The lowest BCUT2D eigenvalue weighted by Gasteiger charge is -2.06. The first-order valence-corrected chi connectivity index (χ1v) is 6.41. The molecule has 108 valence electrons. The van der Waals surface area contributed by atoms with E-state index in [4.69, 9.17) is 10.5 Å². The standard InChI is InChI=1S/C16H16N2O3/c1-21-14-7-5-11(6-8-14)15(19)10-16(20)18-13-4-2-3-12(17)9-13/h2-9H,10,17H2,1H3,(H,18,20). The highest BCUT2D eigenvalue weighted by molar-refractivity contribution is 6.11. The number of ketones is 1. The molecule has 2 rings (SSSR count). The van der Waals surface area contributed by atoms with Crippen molar-refractivity contribution in [1.29, 1.82) is 0 Å². The molecule has 0 unspecified atom stereocenters. The molecule has 0 aliphatic heterocycles. The van der Waals surface area contributed by atoms with Crippen LogP contribution in [0.25, 0.3) is 0 Å². The van der Waals surface area contributed by atoms with Crippen molar-refractivity contribution in [1.82, 2.24) is 0 Å². The fourth-order valence-electron chi connectivity index (χ4n) is 1.85. The third-order valence-corrected chi connectivity index (χ3v) is 2.90. The number of hydrogen-bond acceptors (Lipinski definition) is 4. The number of Topliss-reactive ketones (excluding diaryl/α,β-unsaturated/α-hetero) is 1. The predicted molar refractivity (Wildman–Crippen MR) is 81.4 cm³/mol. The van der Waals surface area contributed by atoms with Gasteiger partial charge in [-0.25, -0.2) is 0 Å². The van der Waals surface area contributed by atoms with Crippen LogP contribution in [0.2, 0.25) is 0 Å². The van der Waals surface area contributed by atoms with E-state index in [0.29, 0.717) is 22.7 Å². The molecule has 0 aliphatic rings. The molecule has 21 heavy (non-hydrogen) atoms. The first kappa shape index (κ1) is 14.6. The van der Waals surface area contributed by atoms with E-state index in [9.17, 15) is 9.59 Å². The van der Waals surface area contributed by atoms with Crippen molar-refractivity contribution < 1.29 is 14.3 Å². The molecule has 0 spiro atoms. The Morgan fingerprint density at radius 3 is 2.48 bits per heavy atom. The molecule has 5 heteroatoms. The normalized spacial score (nSPS) is 9.95. The molecule has 2 aromatic rings. The average molecular weight is 284 g/mol. The first-order chi connectivity index (χ1) is 10.1. The third kappa shape index (κ3) is 4.07. The molecule has 0 atom stereocenters. The van der Waals surface area contributed by atoms with E-state index in [-0.39, 0.29) is 18.1 Å². The number of amides is 1. The highest BCUT2D eigenvalue weighted by Gasteiger charge is 2.12. The highest BCUT2D eigenvalue weighted by Crippen LogP contribution is 2.14. The van der Waals surface area contributed by atoms with Gasteiger partial charge >= 0.3 is 0 Å². The minimum atomic E-state index is -0.374. The second kappa shape index (κ2) is 6.56. The Labute approximate surface area is 122 Å². The van der Waals surface area contributed by atoms with Crippen LogP contribution < -0.4 is 15.8 Å². The SMILES string of the molecule is COc1ccc(C(=O)CC(=O)Nc2cccc(N)c2)cc1. The second-order valence-corrected chi connectivity index (χ2v) is 4.50. The Kier molecular flexibility index (Phi) is 4.56. The number of rotatable bonds is 5. The molecule has 0 aliphatic carbocycles. The fourth-order valence-corrected chi connectivity index (χ4v) is 1.85. The summed E-state index contributed by atoms with van der Waals surface area (Å²) >= 11 is 0. The van der Waals surface area contributed by atoms with Gasteiger partial charge in [-0.1, -0.05) is 6.07 Å². The maximum atomic E-state index is 12.0. The largest absolute Gasteiger partial charge is 0.497 e. The molecule has 2 aromatic carbocycles. The van der Waals surface area contributed by atoms with Gasteiger partial charge < -0.3 is 15.8 Å². The van der Waals surface area contributed by atoms with E-state index < -0.39 is 0 Å². The number of nitrogens with two attached hydrogens (primary N) is 1. The summed E-state index contributed by atoms with van der Waals surface area (Å²) < 4.78 is 5.02. The van der Waals surface area contributed by atoms with Gasteiger partial charge in [0, 0.05) is 16.9 Å². The summed E-state index contributed by atoms with van der Waals surface area (Å²) in [4.78, 5) is 23.8. The summed E-state index contributed by atoms with van der Waals surface area (Å²) in [7, 11) is 1.55. The molecular weight excluding hydrogens is 268 g/mol. The van der Waals surface area contributed by atoms with Gasteiger partial charge in [-0.15, -0.1) is 0 Å². The molecule has 0 bridgehead atoms. The second-order valence-electron chi connectivity index (χ2n) is 4.50. The molecule has 3 N–H and O–H groups in total. The van der Waals surface area contributed by atoms with Crippen molar-refractivity contribution in [3.05, 3.63) is 54.1 Å². The zero-order valence-electron chi connectivity index (χ0n) is 11.6. The lowest BCUT2D eigenvalue weighted by atomic mass is 10.1. The van der Waals surface area contributed by atoms with Crippen LogP contribution >= 0.6 is 0 Å². The van der Waals surface area contributed by atoms with Gasteiger partial charge in [-0.05, 0) is 42.5 Å². The molecule has 5 nitrogen and oxygen atoms in total. The molecule has 0 fully saturated rings. The van der Waals surface area contributed by atoms with Crippen LogP contribution in [-0.4, -0.2) is 18.8 Å². The Hall–Kier alpha value is -2.82. The Balaban J connectivity index is 1.96. The minimum absolute atomic E-state index is 0.221. The maximum Gasteiger partial charge on any atom is 0.232 e. The molecule has 0 radical (unpaired) electrons. The van der Waals surface area contributed by atoms with Crippen LogP contribution in [0, 0.1) is 0 Å². The summed E-state index contributed by atoms with van der Waals surface area (Å²) in [6, 6.07) is 13.4. The molecule has 1 amide bonds. The smallest absolute Gasteiger partial charge is 0.232 e. The van der Waals surface area contributed by atoms with Crippen LogP contribution in [0.5, 0.6) is 5.75 Å². The number of carbonyl (C=O) groups is 2. The number of anilines is 2. The molecule has 0 saturated heterocycles. The van der Waals surface area contributed by atoms with Crippen molar-refractivity contribution >= 4 is 23.1 Å². The van der Waals surface area contributed by atoms with Gasteiger partial charge in [0.2, 0.25) is 5.91 Å². The number of methoxy groups -OCH3 is 1. The van der Waals surface area contributed by atoms with Crippen LogP contribution in [0.15, 0.2) is 48.5 Å². The van der Waals surface area contributed by atoms with Crippen molar-refractivity contribution in [3.63, 3.8) is 0 Å². The lowest BCUT2D eigenvalue weighted by molar-refractivity contribution is -0.115. The van der Waals surface area contributed by atoms with Gasteiger partial charge in [0.15, 0.2) is 5.78 Å². The lowest BCUT2D eigenvalue weighted by Crippen LogP contribution is -2.16. The number of carbonyl (C=O) groups excluding carboxylic acids is 2. The Bertz CT molecular complexity index is 651. The van der Waals surface area contributed by atoms with E-state index in [2.05, 4.69) is 5.32 Å². The zero-order chi connectivity index (χ0) is 15.2. The van der Waals surface area contributed by atoms with E-state index in [1.165, 1.54) is 0 Å².